The van der Waals surface area contributed by atoms with E-state index in [-0.39, 0.29) is 35.9 Å². The van der Waals surface area contributed by atoms with Crippen molar-refractivity contribution in [1.29, 1.82) is 0 Å². The van der Waals surface area contributed by atoms with Gasteiger partial charge in [0, 0.05) is 28.4 Å². The third-order valence-corrected chi connectivity index (χ3v) is 7.48. The zero-order chi connectivity index (χ0) is 31.1. The monoisotopic (exact) mass is 610 g/mol. The van der Waals surface area contributed by atoms with Gasteiger partial charge in [0.05, 0.1) is 18.7 Å². The number of ketones is 1. The van der Waals surface area contributed by atoms with Gasteiger partial charge in [0.25, 0.3) is 5.91 Å². The lowest BCUT2D eigenvalue weighted by Gasteiger charge is -2.25. The Morgan fingerprint density at radius 2 is 1.79 bits per heavy atom. The highest BCUT2D eigenvalue weighted by Crippen LogP contribution is 2.26. The van der Waals surface area contributed by atoms with Gasteiger partial charge >= 0.3 is 5.97 Å². The summed E-state index contributed by atoms with van der Waals surface area (Å²) in [5, 5.41) is 9.38. The first-order valence-corrected chi connectivity index (χ1v) is 14.4. The average molecular weight is 611 g/mol. The maximum absolute atomic E-state index is 13.6. The van der Waals surface area contributed by atoms with Gasteiger partial charge in [-0.2, -0.15) is 0 Å². The molecule has 1 aliphatic rings. The Morgan fingerprint density at radius 1 is 1.05 bits per heavy atom. The van der Waals surface area contributed by atoms with Gasteiger partial charge in [-0.25, -0.2) is 4.79 Å². The number of nitrogens with one attached hydrogen (secondary N) is 4. The van der Waals surface area contributed by atoms with Crippen LogP contribution in [-0.2, 0) is 19.1 Å². The number of esters is 1. The maximum atomic E-state index is 13.6. The molecule has 0 aliphatic carbocycles. The molecule has 3 aromatic rings. The van der Waals surface area contributed by atoms with Crippen molar-refractivity contribution in [3.63, 3.8) is 0 Å². The summed E-state index contributed by atoms with van der Waals surface area (Å²) in [5.41, 5.74) is 1.15. The standard InChI is InChI=1S/C31H35ClN4O7/c1-17(2)13-24(36-30(40)25-15-21-22(34-25)5-4-6-27(21)42-3)29(39)35-23(14-19-11-12-33-28(19)38)26(37)16-43-31(41)18-7-9-20(32)10-8-18/h4-10,15,17,19,23-24,34H,11-14,16H2,1-3H3,(H,33,38)(H,35,39)(H,36,40). The molecule has 1 saturated heterocycles. The van der Waals surface area contributed by atoms with Gasteiger partial charge in [-0.15, -0.1) is 0 Å². The van der Waals surface area contributed by atoms with Crippen LogP contribution in [0.15, 0.2) is 48.5 Å². The van der Waals surface area contributed by atoms with Crippen LogP contribution in [-0.4, -0.2) is 66.8 Å². The van der Waals surface area contributed by atoms with E-state index in [1.807, 2.05) is 19.9 Å². The molecule has 0 saturated carbocycles. The summed E-state index contributed by atoms with van der Waals surface area (Å²) in [6.07, 6.45) is 0.815. The van der Waals surface area contributed by atoms with Crippen LogP contribution in [0.2, 0.25) is 5.02 Å². The minimum atomic E-state index is -1.12. The Hall–Kier alpha value is -4.38. The Labute approximate surface area is 254 Å². The summed E-state index contributed by atoms with van der Waals surface area (Å²) in [6, 6.07) is 10.9. The molecular formula is C31H35ClN4O7. The van der Waals surface area contributed by atoms with E-state index in [4.69, 9.17) is 21.1 Å². The van der Waals surface area contributed by atoms with E-state index >= 15 is 0 Å². The Morgan fingerprint density at radius 3 is 2.44 bits per heavy atom. The lowest BCUT2D eigenvalue weighted by Crippen LogP contribution is -2.53. The molecule has 0 radical (unpaired) electrons. The van der Waals surface area contributed by atoms with E-state index in [0.717, 1.165) is 0 Å². The third-order valence-electron chi connectivity index (χ3n) is 7.23. The summed E-state index contributed by atoms with van der Waals surface area (Å²) in [4.78, 5) is 67.9. The number of hydrogen-bond acceptors (Lipinski definition) is 7. The molecule has 3 atom stereocenters. The molecule has 1 fully saturated rings. The van der Waals surface area contributed by atoms with Crippen molar-refractivity contribution in [2.75, 3.05) is 20.3 Å². The topological polar surface area (TPSA) is 156 Å². The molecule has 0 bridgehead atoms. The van der Waals surface area contributed by atoms with Crippen LogP contribution in [0.3, 0.4) is 0 Å². The number of H-pyrrole nitrogens is 1. The predicted molar refractivity (Wildman–Crippen MR) is 160 cm³/mol. The van der Waals surface area contributed by atoms with Crippen molar-refractivity contribution in [1.82, 2.24) is 20.9 Å². The minimum Gasteiger partial charge on any atom is -0.496 e. The summed E-state index contributed by atoms with van der Waals surface area (Å²) in [6.45, 7) is 3.66. The molecule has 228 valence electrons. The fourth-order valence-corrected chi connectivity index (χ4v) is 5.10. The van der Waals surface area contributed by atoms with E-state index in [0.29, 0.717) is 34.6 Å². The zero-order valence-electron chi connectivity index (χ0n) is 24.2. The van der Waals surface area contributed by atoms with Crippen LogP contribution in [0.25, 0.3) is 10.9 Å². The first-order valence-electron chi connectivity index (χ1n) is 14.1. The van der Waals surface area contributed by atoms with Crippen molar-refractivity contribution in [3.05, 3.63) is 64.8 Å². The highest BCUT2D eigenvalue weighted by Gasteiger charge is 2.34. The molecule has 3 amide bonds. The number of carbonyl (C=O) groups excluding carboxylic acids is 5. The Balaban J connectivity index is 1.48. The lowest BCUT2D eigenvalue weighted by molar-refractivity contribution is -0.131. The van der Waals surface area contributed by atoms with Crippen LogP contribution in [0.4, 0.5) is 0 Å². The molecule has 11 nitrogen and oxygen atoms in total. The Kier molecular flexibility index (Phi) is 10.4. The summed E-state index contributed by atoms with van der Waals surface area (Å²) < 4.78 is 10.6. The molecule has 3 unspecified atom stereocenters. The van der Waals surface area contributed by atoms with Gasteiger partial charge in [0.1, 0.15) is 17.5 Å². The Bertz CT molecular complexity index is 1500. The maximum Gasteiger partial charge on any atom is 0.338 e. The highest BCUT2D eigenvalue weighted by atomic mass is 35.5. The number of fused-ring (bicyclic) bond motifs is 1. The van der Waals surface area contributed by atoms with E-state index in [9.17, 15) is 24.0 Å². The first kappa shape index (κ1) is 31.6. The van der Waals surface area contributed by atoms with Crippen molar-refractivity contribution < 1.29 is 33.4 Å². The predicted octanol–water partition coefficient (Wildman–Crippen LogP) is 3.41. The van der Waals surface area contributed by atoms with Crippen LogP contribution in [0.1, 0.15) is 54.0 Å². The number of hydrogen-bond donors (Lipinski definition) is 4. The quantitative estimate of drug-likeness (QED) is 0.216. The molecule has 4 N–H and O–H groups in total. The zero-order valence-corrected chi connectivity index (χ0v) is 25.0. The van der Waals surface area contributed by atoms with Gasteiger partial charge in [0.2, 0.25) is 11.8 Å². The second kappa shape index (κ2) is 14.2. The van der Waals surface area contributed by atoms with Crippen molar-refractivity contribution in [2.24, 2.45) is 11.8 Å². The molecule has 2 heterocycles. The second-order valence-electron chi connectivity index (χ2n) is 10.9. The lowest BCUT2D eigenvalue weighted by atomic mass is 9.95. The number of methoxy groups -OCH3 is 1. The van der Waals surface area contributed by atoms with Crippen LogP contribution >= 0.6 is 11.6 Å². The van der Waals surface area contributed by atoms with Crippen molar-refractivity contribution >= 4 is 52.0 Å². The van der Waals surface area contributed by atoms with E-state index in [1.165, 1.54) is 31.4 Å². The SMILES string of the molecule is COc1cccc2[nH]c(C(=O)NC(CC(C)C)C(=O)NC(CC3CCNC3=O)C(=O)COC(=O)c3ccc(Cl)cc3)cc12. The minimum absolute atomic E-state index is 0.0222. The van der Waals surface area contributed by atoms with Crippen LogP contribution in [0.5, 0.6) is 5.75 Å². The number of Topliss-reactive ketones (excluding diaryl/α,β-unsaturated/α-hetero) is 1. The fourth-order valence-electron chi connectivity index (χ4n) is 4.97. The van der Waals surface area contributed by atoms with Gasteiger partial charge < -0.3 is 30.4 Å². The average Bonchev–Trinajstić information content (AvgIpc) is 3.61. The van der Waals surface area contributed by atoms with Gasteiger partial charge in [0.15, 0.2) is 12.4 Å². The van der Waals surface area contributed by atoms with Crippen LogP contribution < -0.4 is 20.7 Å². The molecule has 43 heavy (non-hydrogen) atoms. The number of amides is 3. The number of rotatable bonds is 13. The molecule has 0 spiro atoms. The largest absolute Gasteiger partial charge is 0.496 e. The van der Waals surface area contributed by atoms with E-state index < -0.39 is 48.2 Å². The number of benzene rings is 2. The summed E-state index contributed by atoms with van der Waals surface area (Å²) >= 11 is 5.87. The number of carbonyl (C=O) groups is 5. The summed E-state index contributed by atoms with van der Waals surface area (Å²) in [5.74, 6) is -2.49. The molecule has 1 aromatic heterocycles. The number of halogens is 1. The highest BCUT2D eigenvalue weighted by molar-refractivity contribution is 6.30. The molecule has 4 rings (SSSR count). The summed E-state index contributed by atoms with van der Waals surface area (Å²) in [7, 11) is 1.54. The fraction of sp³-hybridized carbons (Fsp3) is 0.387. The molecule has 12 heteroatoms. The van der Waals surface area contributed by atoms with Crippen molar-refractivity contribution in [3.8, 4) is 5.75 Å². The molecule has 2 aromatic carbocycles. The third kappa shape index (κ3) is 8.13. The number of ether oxygens (including phenoxy) is 2. The van der Waals surface area contributed by atoms with Gasteiger partial charge in [-0.05, 0) is 67.6 Å². The molecular weight excluding hydrogens is 576 g/mol. The smallest absolute Gasteiger partial charge is 0.338 e. The van der Waals surface area contributed by atoms with Crippen molar-refractivity contribution in [2.45, 2.75) is 45.2 Å². The number of aromatic nitrogens is 1. The van der Waals surface area contributed by atoms with Crippen LogP contribution in [0, 0.1) is 11.8 Å². The second-order valence-corrected chi connectivity index (χ2v) is 11.3. The van der Waals surface area contributed by atoms with Gasteiger partial charge in [-0.1, -0.05) is 31.5 Å². The normalized spacial score (nSPS) is 15.9. The first-order chi connectivity index (χ1) is 20.5. The van der Waals surface area contributed by atoms with E-state index in [2.05, 4.69) is 20.9 Å². The van der Waals surface area contributed by atoms with Gasteiger partial charge in [-0.3, -0.25) is 19.2 Å². The number of aromatic amines is 1. The molecule has 1 aliphatic heterocycles. The van der Waals surface area contributed by atoms with E-state index in [1.54, 1.807) is 18.2 Å².